The van der Waals surface area contributed by atoms with Gasteiger partial charge in [-0.15, -0.1) is 0 Å². The zero-order chi connectivity index (χ0) is 16.4. The fraction of sp³-hybridized carbons (Fsp3) is 0.579. The Balaban J connectivity index is 1.56. The summed E-state index contributed by atoms with van der Waals surface area (Å²) >= 11 is 0. The summed E-state index contributed by atoms with van der Waals surface area (Å²) in [5.74, 6) is 1.06. The van der Waals surface area contributed by atoms with Gasteiger partial charge >= 0.3 is 0 Å². The van der Waals surface area contributed by atoms with Crippen molar-refractivity contribution in [3.63, 3.8) is 0 Å². The third-order valence-electron chi connectivity index (χ3n) is 4.94. The van der Waals surface area contributed by atoms with E-state index in [1.165, 1.54) is 5.56 Å². The summed E-state index contributed by atoms with van der Waals surface area (Å²) in [6.45, 7) is 5.71. The molecule has 1 N–H and O–H groups in total. The van der Waals surface area contributed by atoms with Crippen molar-refractivity contribution < 1.29 is 9.59 Å². The maximum absolute atomic E-state index is 12.6. The Kier molecular flexibility index (Phi) is 4.69. The number of nitrogens with one attached hydrogen (secondary N) is 1. The molecule has 4 heteroatoms. The Morgan fingerprint density at radius 3 is 2.30 bits per heavy atom. The summed E-state index contributed by atoms with van der Waals surface area (Å²) in [6, 6.07) is 8.00. The molecule has 1 aliphatic heterocycles. The molecule has 124 valence electrons. The van der Waals surface area contributed by atoms with E-state index >= 15 is 0 Å². The van der Waals surface area contributed by atoms with Gasteiger partial charge in [0.15, 0.2) is 0 Å². The van der Waals surface area contributed by atoms with Crippen LogP contribution in [-0.4, -0.2) is 29.8 Å². The van der Waals surface area contributed by atoms with E-state index in [9.17, 15) is 9.59 Å². The van der Waals surface area contributed by atoms with E-state index in [1.54, 1.807) is 0 Å². The fourth-order valence-electron chi connectivity index (χ4n) is 3.30. The van der Waals surface area contributed by atoms with Crippen LogP contribution < -0.4 is 5.32 Å². The Morgan fingerprint density at radius 1 is 1.04 bits per heavy atom. The highest BCUT2D eigenvalue weighted by Gasteiger charge is 2.36. The molecule has 2 aliphatic rings. The highest BCUT2D eigenvalue weighted by molar-refractivity contribution is 5.93. The topological polar surface area (TPSA) is 49.4 Å². The molecular weight excluding hydrogens is 288 g/mol. The van der Waals surface area contributed by atoms with E-state index in [4.69, 9.17) is 0 Å². The molecule has 4 nitrogen and oxygen atoms in total. The van der Waals surface area contributed by atoms with Gasteiger partial charge in [-0.05, 0) is 43.2 Å². The van der Waals surface area contributed by atoms with Gasteiger partial charge in [0.25, 0.3) is 0 Å². The number of benzene rings is 1. The zero-order valence-corrected chi connectivity index (χ0v) is 14.0. The number of anilines is 1. The Morgan fingerprint density at radius 2 is 1.70 bits per heavy atom. The molecule has 0 unspecified atom stereocenters. The minimum atomic E-state index is 0.0125. The van der Waals surface area contributed by atoms with Crippen molar-refractivity contribution in [2.45, 2.75) is 45.4 Å². The second kappa shape index (κ2) is 6.73. The van der Waals surface area contributed by atoms with Gasteiger partial charge < -0.3 is 10.2 Å². The molecule has 0 aromatic heterocycles. The molecule has 1 saturated carbocycles. The number of carbonyl (C=O) groups excluding carboxylic acids is 2. The summed E-state index contributed by atoms with van der Waals surface area (Å²) in [7, 11) is 0. The fourth-order valence-corrected chi connectivity index (χ4v) is 3.30. The molecular formula is C19H26N2O2. The predicted molar refractivity (Wildman–Crippen MR) is 91.2 cm³/mol. The smallest absolute Gasteiger partial charge is 0.227 e. The van der Waals surface area contributed by atoms with Crippen LogP contribution in [0.5, 0.6) is 0 Å². The summed E-state index contributed by atoms with van der Waals surface area (Å²) < 4.78 is 0. The van der Waals surface area contributed by atoms with Gasteiger partial charge in [-0.2, -0.15) is 0 Å². The van der Waals surface area contributed by atoms with Gasteiger partial charge in [-0.25, -0.2) is 0 Å². The number of rotatable bonds is 4. The second-order valence-electron chi connectivity index (χ2n) is 7.11. The number of nitrogens with zero attached hydrogens (tertiary/aromatic N) is 1. The number of amides is 2. The lowest BCUT2D eigenvalue weighted by atomic mass is 9.94. The maximum atomic E-state index is 12.6. The van der Waals surface area contributed by atoms with Gasteiger partial charge in [-0.1, -0.05) is 32.0 Å². The van der Waals surface area contributed by atoms with Crippen LogP contribution in [0.25, 0.3) is 0 Å². The van der Waals surface area contributed by atoms with Gasteiger partial charge in [0.05, 0.1) is 0 Å². The number of hydrogen-bond donors (Lipinski definition) is 1. The largest absolute Gasteiger partial charge is 0.342 e. The molecule has 0 radical (unpaired) electrons. The average Bonchev–Trinajstić information content (AvgIpc) is 3.39. The van der Waals surface area contributed by atoms with E-state index in [0.29, 0.717) is 11.8 Å². The molecule has 1 aromatic rings. The van der Waals surface area contributed by atoms with Gasteiger partial charge in [0, 0.05) is 30.6 Å². The lowest BCUT2D eigenvalue weighted by Gasteiger charge is -2.31. The number of hydrogen-bond acceptors (Lipinski definition) is 2. The number of piperidine rings is 1. The Bertz CT molecular complexity index is 585. The van der Waals surface area contributed by atoms with Crippen LogP contribution in [0.15, 0.2) is 24.3 Å². The van der Waals surface area contributed by atoms with Crippen molar-refractivity contribution in [1.82, 2.24) is 4.90 Å². The first-order valence-electron chi connectivity index (χ1n) is 8.75. The standard InChI is InChI=1S/C19H26N2O2/c1-13(2)16-5-3-4-6-17(16)20-18(22)14-9-11-21(12-10-14)19(23)15-7-8-15/h3-6,13-15H,7-12H2,1-2H3,(H,20,22). The SMILES string of the molecule is CC(C)c1ccccc1NC(=O)C1CCN(C(=O)C2CC2)CC1. The highest BCUT2D eigenvalue weighted by atomic mass is 16.2. The molecule has 1 aromatic carbocycles. The van der Waals surface area contributed by atoms with Crippen LogP contribution >= 0.6 is 0 Å². The third kappa shape index (κ3) is 3.74. The minimum absolute atomic E-state index is 0.0125. The first-order valence-corrected chi connectivity index (χ1v) is 8.75. The van der Waals surface area contributed by atoms with Crippen LogP contribution in [-0.2, 0) is 9.59 Å². The van der Waals surface area contributed by atoms with Crippen LogP contribution in [0.4, 0.5) is 5.69 Å². The van der Waals surface area contributed by atoms with E-state index in [-0.39, 0.29) is 17.7 Å². The molecule has 2 amide bonds. The molecule has 2 fully saturated rings. The third-order valence-corrected chi connectivity index (χ3v) is 4.94. The number of para-hydroxylation sites is 1. The number of carbonyl (C=O) groups is 2. The Hall–Kier alpha value is -1.84. The zero-order valence-electron chi connectivity index (χ0n) is 14.0. The van der Waals surface area contributed by atoms with Crippen molar-refractivity contribution in [3.8, 4) is 0 Å². The van der Waals surface area contributed by atoms with Gasteiger partial charge in [0.2, 0.25) is 11.8 Å². The van der Waals surface area contributed by atoms with Gasteiger partial charge in [0.1, 0.15) is 0 Å². The molecule has 3 rings (SSSR count). The Labute approximate surface area is 138 Å². The van der Waals surface area contributed by atoms with Crippen molar-refractivity contribution in [1.29, 1.82) is 0 Å². The first-order chi connectivity index (χ1) is 11.1. The molecule has 23 heavy (non-hydrogen) atoms. The van der Waals surface area contributed by atoms with Crippen molar-refractivity contribution in [2.75, 3.05) is 18.4 Å². The van der Waals surface area contributed by atoms with E-state index in [0.717, 1.165) is 44.5 Å². The lowest BCUT2D eigenvalue weighted by Crippen LogP contribution is -2.42. The summed E-state index contributed by atoms with van der Waals surface area (Å²) in [5, 5.41) is 3.10. The van der Waals surface area contributed by atoms with Crippen molar-refractivity contribution in [3.05, 3.63) is 29.8 Å². The first kappa shape index (κ1) is 16.0. The van der Waals surface area contributed by atoms with Crippen LogP contribution in [0, 0.1) is 11.8 Å². The molecule has 1 heterocycles. The predicted octanol–water partition coefficient (Wildman–Crippen LogP) is 3.40. The molecule has 0 spiro atoms. The molecule has 0 atom stereocenters. The molecule has 0 bridgehead atoms. The van der Waals surface area contributed by atoms with E-state index < -0.39 is 0 Å². The average molecular weight is 314 g/mol. The summed E-state index contributed by atoms with van der Waals surface area (Å²) in [5.41, 5.74) is 2.09. The molecule has 1 aliphatic carbocycles. The lowest BCUT2D eigenvalue weighted by molar-refractivity contribution is -0.135. The van der Waals surface area contributed by atoms with Crippen LogP contribution in [0.1, 0.15) is 51.0 Å². The quantitative estimate of drug-likeness (QED) is 0.926. The summed E-state index contributed by atoms with van der Waals surface area (Å²) in [6.07, 6.45) is 3.64. The van der Waals surface area contributed by atoms with E-state index in [1.807, 2.05) is 23.1 Å². The second-order valence-corrected chi connectivity index (χ2v) is 7.11. The number of likely N-dealkylation sites (tertiary alicyclic amines) is 1. The molecule has 1 saturated heterocycles. The van der Waals surface area contributed by atoms with Crippen LogP contribution in [0.3, 0.4) is 0 Å². The summed E-state index contributed by atoms with van der Waals surface area (Å²) in [4.78, 5) is 26.6. The maximum Gasteiger partial charge on any atom is 0.227 e. The van der Waals surface area contributed by atoms with E-state index in [2.05, 4.69) is 25.2 Å². The normalized spacial score (nSPS) is 19.0. The van der Waals surface area contributed by atoms with Gasteiger partial charge in [-0.3, -0.25) is 9.59 Å². The monoisotopic (exact) mass is 314 g/mol. The van der Waals surface area contributed by atoms with Crippen molar-refractivity contribution >= 4 is 17.5 Å². The van der Waals surface area contributed by atoms with Crippen molar-refractivity contribution in [2.24, 2.45) is 11.8 Å². The minimum Gasteiger partial charge on any atom is -0.342 e. The highest BCUT2D eigenvalue weighted by Crippen LogP contribution is 2.32. The van der Waals surface area contributed by atoms with Crippen LogP contribution in [0.2, 0.25) is 0 Å².